The molecule has 8 heteroatoms. The second-order valence-electron chi connectivity index (χ2n) is 8.61. The largest absolute Gasteiger partial charge is 0.480 e. The Morgan fingerprint density at radius 2 is 1.73 bits per heavy atom. The minimum atomic E-state index is -1.33. The number of benzene rings is 1. The van der Waals surface area contributed by atoms with E-state index in [0.717, 1.165) is 62.0 Å². The molecule has 0 unspecified atom stereocenters. The van der Waals surface area contributed by atoms with Crippen LogP contribution in [0.15, 0.2) is 21.7 Å². The number of carboxylic acids is 1. The molecule has 1 aromatic carbocycles. The lowest BCUT2D eigenvalue weighted by Crippen LogP contribution is -2.44. The maximum atomic E-state index is 14.9. The SMILES string of the molecule is C[C@H](C(=O)O)n1c(=O)c2cc(F)c(NC3CCCCC3)cc2n(C2CCCC2)c1=O. The van der Waals surface area contributed by atoms with Gasteiger partial charge in [-0.3, -0.25) is 9.36 Å². The van der Waals surface area contributed by atoms with Gasteiger partial charge in [0.1, 0.15) is 11.9 Å². The van der Waals surface area contributed by atoms with Crippen LogP contribution in [0.4, 0.5) is 10.1 Å². The summed E-state index contributed by atoms with van der Waals surface area (Å²) in [6.45, 7) is 1.30. The first-order valence-electron chi connectivity index (χ1n) is 10.9. The Bertz CT molecular complexity index is 1080. The lowest BCUT2D eigenvalue weighted by atomic mass is 9.95. The van der Waals surface area contributed by atoms with Crippen LogP contribution < -0.4 is 16.6 Å². The highest BCUT2D eigenvalue weighted by molar-refractivity contribution is 5.83. The summed E-state index contributed by atoms with van der Waals surface area (Å²) in [6, 6.07) is 1.44. The monoisotopic (exact) mass is 417 g/mol. The van der Waals surface area contributed by atoms with Crippen molar-refractivity contribution in [3.63, 3.8) is 0 Å². The van der Waals surface area contributed by atoms with Gasteiger partial charge in [-0.1, -0.05) is 32.1 Å². The van der Waals surface area contributed by atoms with Gasteiger partial charge in [0.05, 0.1) is 16.6 Å². The highest BCUT2D eigenvalue weighted by Crippen LogP contribution is 2.32. The highest BCUT2D eigenvalue weighted by Gasteiger charge is 2.28. The number of rotatable bonds is 5. The number of carboxylic acid groups (broad SMARTS) is 1. The van der Waals surface area contributed by atoms with Crippen molar-refractivity contribution in [2.45, 2.75) is 82.8 Å². The van der Waals surface area contributed by atoms with E-state index in [2.05, 4.69) is 5.32 Å². The number of fused-ring (bicyclic) bond motifs is 1. The predicted molar refractivity (Wildman–Crippen MR) is 113 cm³/mol. The molecule has 2 aliphatic rings. The van der Waals surface area contributed by atoms with Crippen LogP contribution in [0.25, 0.3) is 10.9 Å². The van der Waals surface area contributed by atoms with Gasteiger partial charge in [0, 0.05) is 12.1 Å². The molecule has 1 atom stereocenters. The normalized spacial score (nSPS) is 19.3. The standard InChI is InChI=1S/C22H28FN3O4/c1-13(21(28)29)25-20(27)16-11-17(23)18(24-14-7-3-2-4-8-14)12-19(16)26(22(25)30)15-9-5-6-10-15/h11-15,24H,2-10H2,1H3,(H,28,29)/t13-/m1/s1. The minimum Gasteiger partial charge on any atom is -0.480 e. The molecule has 0 saturated heterocycles. The van der Waals surface area contributed by atoms with Gasteiger partial charge in [-0.2, -0.15) is 0 Å². The van der Waals surface area contributed by atoms with Crippen molar-refractivity contribution < 1.29 is 14.3 Å². The molecule has 2 aliphatic carbocycles. The first-order chi connectivity index (χ1) is 14.4. The number of nitrogens with zero attached hydrogens (tertiary/aromatic N) is 2. The highest BCUT2D eigenvalue weighted by atomic mass is 19.1. The number of aromatic nitrogens is 2. The fraction of sp³-hybridized carbons (Fsp3) is 0.591. The summed E-state index contributed by atoms with van der Waals surface area (Å²) in [5.41, 5.74) is -0.721. The first kappa shape index (κ1) is 20.6. The summed E-state index contributed by atoms with van der Waals surface area (Å²) in [6.07, 6.45) is 8.76. The average molecular weight is 417 g/mol. The van der Waals surface area contributed by atoms with Crippen LogP contribution >= 0.6 is 0 Å². The van der Waals surface area contributed by atoms with E-state index in [1.54, 1.807) is 6.07 Å². The number of hydrogen-bond acceptors (Lipinski definition) is 4. The Morgan fingerprint density at radius 1 is 1.10 bits per heavy atom. The van der Waals surface area contributed by atoms with Gasteiger partial charge >= 0.3 is 11.7 Å². The number of halogens is 1. The lowest BCUT2D eigenvalue weighted by Gasteiger charge is -2.25. The Morgan fingerprint density at radius 3 is 2.37 bits per heavy atom. The molecule has 0 aliphatic heterocycles. The van der Waals surface area contributed by atoms with E-state index < -0.39 is 29.1 Å². The van der Waals surface area contributed by atoms with Crippen LogP contribution in [0.5, 0.6) is 0 Å². The predicted octanol–water partition coefficient (Wildman–Crippen LogP) is 3.81. The van der Waals surface area contributed by atoms with Crippen LogP contribution in [0, 0.1) is 5.82 Å². The molecule has 2 fully saturated rings. The van der Waals surface area contributed by atoms with E-state index in [1.807, 2.05) is 0 Å². The summed E-state index contributed by atoms with van der Waals surface area (Å²) in [7, 11) is 0. The van der Waals surface area contributed by atoms with Gasteiger partial charge in [0.25, 0.3) is 5.56 Å². The van der Waals surface area contributed by atoms with Gasteiger partial charge in [-0.25, -0.2) is 18.5 Å². The van der Waals surface area contributed by atoms with Crippen LogP contribution in [0.3, 0.4) is 0 Å². The summed E-state index contributed by atoms with van der Waals surface area (Å²) >= 11 is 0. The Balaban J connectivity index is 1.92. The Kier molecular flexibility index (Phi) is 5.66. The molecule has 0 spiro atoms. The van der Waals surface area contributed by atoms with E-state index in [4.69, 9.17) is 0 Å². The third kappa shape index (κ3) is 3.63. The zero-order chi connectivity index (χ0) is 21.4. The zero-order valence-corrected chi connectivity index (χ0v) is 17.2. The van der Waals surface area contributed by atoms with E-state index in [-0.39, 0.29) is 17.5 Å². The number of anilines is 1. The summed E-state index contributed by atoms with van der Waals surface area (Å²) in [5, 5.41) is 12.7. The van der Waals surface area contributed by atoms with E-state index in [0.29, 0.717) is 11.2 Å². The Hall–Kier alpha value is -2.64. The summed E-state index contributed by atoms with van der Waals surface area (Å²) in [4.78, 5) is 37.8. The van der Waals surface area contributed by atoms with Crippen molar-refractivity contribution in [1.82, 2.24) is 9.13 Å². The first-order valence-corrected chi connectivity index (χ1v) is 10.9. The molecule has 1 aromatic heterocycles. The molecule has 2 saturated carbocycles. The number of nitrogens with one attached hydrogen (secondary N) is 1. The van der Waals surface area contributed by atoms with Crippen molar-refractivity contribution in [2.24, 2.45) is 0 Å². The molecule has 0 radical (unpaired) electrons. The topological polar surface area (TPSA) is 93.3 Å². The molecule has 30 heavy (non-hydrogen) atoms. The van der Waals surface area contributed by atoms with Crippen LogP contribution in [0.2, 0.25) is 0 Å². The Labute approximate surface area is 173 Å². The van der Waals surface area contributed by atoms with E-state index >= 15 is 0 Å². The van der Waals surface area contributed by atoms with Crippen LogP contribution in [0.1, 0.15) is 76.8 Å². The molecule has 0 bridgehead atoms. The van der Waals surface area contributed by atoms with Gasteiger partial charge in [-0.05, 0) is 44.7 Å². The molecule has 1 heterocycles. The minimum absolute atomic E-state index is 0.0429. The van der Waals surface area contributed by atoms with Crippen molar-refractivity contribution in [3.8, 4) is 0 Å². The summed E-state index contributed by atoms with van der Waals surface area (Å²) in [5.74, 6) is -1.83. The fourth-order valence-corrected chi connectivity index (χ4v) is 4.91. The lowest BCUT2D eigenvalue weighted by molar-refractivity contribution is -0.140. The van der Waals surface area contributed by atoms with Crippen molar-refractivity contribution in [1.29, 1.82) is 0 Å². The van der Waals surface area contributed by atoms with E-state index in [9.17, 15) is 23.9 Å². The summed E-state index contributed by atoms with van der Waals surface area (Å²) < 4.78 is 17.2. The molecule has 2 N–H and O–H groups in total. The molecule has 162 valence electrons. The quantitative estimate of drug-likeness (QED) is 0.772. The number of carbonyl (C=O) groups is 1. The average Bonchev–Trinajstić information content (AvgIpc) is 3.24. The van der Waals surface area contributed by atoms with Crippen molar-refractivity contribution in [2.75, 3.05) is 5.32 Å². The third-order valence-electron chi connectivity index (χ3n) is 6.61. The second-order valence-corrected chi connectivity index (χ2v) is 8.61. The van der Waals surface area contributed by atoms with Gasteiger partial charge in [0.2, 0.25) is 0 Å². The van der Waals surface area contributed by atoms with Crippen LogP contribution in [-0.2, 0) is 4.79 Å². The third-order valence-corrected chi connectivity index (χ3v) is 6.61. The number of hydrogen-bond donors (Lipinski definition) is 2. The second kappa shape index (κ2) is 8.24. The van der Waals surface area contributed by atoms with E-state index in [1.165, 1.54) is 17.9 Å². The number of aliphatic carboxylic acids is 1. The molecular formula is C22H28FN3O4. The molecule has 7 nitrogen and oxygen atoms in total. The maximum Gasteiger partial charge on any atom is 0.332 e. The van der Waals surface area contributed by atoms with Crippen LogP contribution in [-0.4, -0.2) is 26.3 Å². The van der Waals surface area contributed by atoms with Crippen molar-refractivity contribution >= 4 is 22.6 Å². The molecule has 4 rings (SSSR count). The van der Waals surface area contributed by atoms with Gasteiger partial charge in [0.15, 0.2) is 0 Å². The smallest absolute Gasteiger partial charge is 0.332 e. The van der Waals surface area contributed by atoms with Gasteiger partial charge < -0.3 is 10.4 Å². The molecular weight excluding hydrogens is 389 g/mol. The maximum absolute atomic E-state index is 14.9. The van der Waals surface area contributed by atoms with Crippen molar-refractivity contribution in [3.05, 3.63) is 38.8 Å². The van der Waals surface area contributed by atoms with Gasteiger partial charge in [-0.15, -0.1) is 0 Å². The fourth-order valence-electron chi connectivity index (χ4n) is 4.91. The molecule has 2 aromatic rings. The molecule has 0 amide bonds. The zero-order valence-electron chi connectivity index (χ0n) is 17.2.